The number of nitrogens with one attached hydrogen (secondary N) is 1. The average molecular weight is 872 g/mol. The molecule has 1 unspecified atom stereocenters. The number of ether oxygens (including phenoxy) is 4. The minimum Gasteiger partial charge on any atom is -0.458 e. The van der Waals surface area contributed by atoms with E-state index in [0.717, 1.165) is 47.1 Å². The zero-order valence-electron chi connectivity index (χ0n) is 37.4. The number of hydrogen-bond donors (Lipinski definition) is 2. The van der Waals surface area contributed by atoms with Gasteiger partial charge in [0.15, 0.2) is 11.8 Å². The number of amides is 2. The first-order chi connectivity index (χ1) is 30.8. The van der Waals surface area contributed by atoms with Gasteiger partial charge in [-0.25, -0.2) is 0 Å². The van der Waals surface area contributed by atoms with Crippen LogP contribution in [-0.2, 0) is 64.0 Å². The van der Waals surface area contributed by atoms with E-state index in [0.29, 0.717) is 36.2 Å². The van der Waals surface area contributed by atoms with E-state index in [1.54, 1.807) is 12.1 Å². The molecular weight excluding hydrogens is 811 g/mol. The summed E-state index contributed by atoms with van der Waals surface area (Å²) >= 11 is 0. The number of hydrogen-bond acceptors (Lipinski definition) is 10. The number of likely N-dealkylation sites (N-methyl/N-ethyl adjacent to an activating group) is 1. The highest BCUT2D eigenvalue weighted by atomic mass is 16.8. The fraction of sp³-hybridized carbons (Fsp3) is 0.558. The number of esters is 1. The van der Waals surface area contributed by atoms with Gasteiger partial charge in [0.2, 0.25) is 11.8 Å². The number of allylic oxidation sites excluding steroid dienone is 1. The number of fused-ring (bicyclic) bond motifs is 7. The van der Waals surface area contributed by atoms with Crippen LogP contribution >= 0.6 is 0 Å². The van der Waals surface area contributed by atoms with Crippen molar-refractivity contribution in [1.82, 2.24) is 15.3 Å². The van der Waals surface area contributed by atoms with Crippen molar-refractivity contribution in [3.63, 3.8) is 0 Å². The Hall–Kier alpha value is -4.43. The normalized spacial score (nSPS) is 36.0. The number of aliphatic hydroxyl groups is 1. The quantitative estimate of drug-likeness (QED) is 0.192. The molecule has 4 saturated heterocycles. The third-order valence-corrected chi connectivity index (χ3v) is 16.5. The molecule has 8 aliphatic rings. The topological polar surface area (TPSA) is 139 Å². The van der Waals surface area contributed by atoms with E-state index < -0.39 is 65.5 Å². The fourth-order valence-electron chi connectivity index (χ4n) is 13.1. The SMILES string of the molecule is CN(C(=O)[C@@]12C[C@H]3OC(=O)[C@@H]1N(Cc1cccc(C=C4CCC5O[C@]5(C)CC[C@@H]5[C@@H]4CC5(C)C)c1)O[C@@H]2[C@H]1OC2(Cc4ccccc4C2)O[C@H]13)[C@H](Cc1ccccc1)C(=O)NCCO. The molecule has 4 heterocycles. The molecule has 11 rings (SSSR count). The highest BCUT2D eigenvalue weighted by Gasteiger charge is 2.77. The van der Waals surface area contributed by atoms with Crippen molar-refractivity contribution in [2.24, 2.45) is 22.7 Å². The first-order valence-electron chi connectivity index (χ1n) is 23.5. The Balaban J connectivity index is 0.931. The lowest BCUT2D eigenvalue weighted by Gasteiger charge is -2.53. The zero-order valence-corrected chi connectivity index (χ0v) is 37.4. The van der Waals surface area contributed by atoms with Gasteiger partial charge >= 0.3 is 5.97 Å². The highest BCUT2D eigenvalue weighted by Crippen LogP contribution is 2.61. The van der Waals surface area contributed by atoms with Gasteiger partial charge < -0.3 is 34.3 Å². The number of epoxide rings is 1. The molecule has 1 spiro atoms. The summed E-state index contributed by atoms with van der Waals surface area (Å²) in [5.74, 6) is -1.18. The monoisotopic (exact) mass is 871 g/mol. The van der Waals surface area contributed by atoms with Crippen LogP contribution in [0.1, 0.15) is 87.1 Å². The molecule has 2 N–H and O–H groups in total. The summed E-state index contributed by atoms with van der Waals surface area (Å²) in [6.45, 7) is 7.10. The van der Waals surface area contributed by atoms with Gasteiger partial charge in [-0.05, 0) is 84.1 Å². The molecule has 11 atom stereocenters. The van der Waals surface area contributed by atoms with Crippen LogP contribution in [0.5, 0.6) is 0 Å². The fourth-order valence-corrected chi connectivity index (χ4v) is 13.1. The van der Waals surface area contributed by atoms with Crippen LogP contribution in [0.2, 0.25) is 0 Å². The predicted molar refractivity (Wildman–Crippen MR) is 236 cm³/mol. The molecule has 3 saturated carbocycles. The van der Waals surface area contributed by atoms with Gasteiger partial charge in [-0.1, -0.05) is 104 Å². The van der Waals surface area contributed by atoms with Crippen LogP contribution in [0, 0.1) is 22.7 Å². The Kier molecular flexibility index (Phi) is 10.3. The number of carbonyl (C=O) groups is 3. The van der Waals surface area contributed by atoms with Crippen molar-refractivity contribution in [3.8, 4) is 0 Å². The number of carbonyl (C=O) groups excluding carboxylic acids is 3. The summed E-state index contributed by atoms with van der Waals surface area (Å²) < 4.78 is 26.5. The van der Waals surface area contributed by atoms with E-state index in [2.05, 4.69) is 62.5 Å². The summed E-state index contributed by atoms with van der Waals surface area (Å²) in [6, 6.07) is 24.1. The molecule has 338 valence electrons. The van der Waals surface area contributed by atoms with Crippen LogP contribution in [0.4, 0.5) is 0 Å². The molecule has 4 aliphatic carbocycles. The van der Waals surface area contributed by atoms with Gasteiger partial charge in [0.1, 0.15) is 35.9 Å². The Morgan fingerprint density at radius 1 is 0.922 bits per heavy atom. The van der Waals surface area contributed by atoms with Crippen LogP contribution in [0.15, 0.2) is 84.4 Å². The number of rotatable bonds is 10. The lowest BCUT2D eigenvalue weighted by atomic mass is 9.52. The number of benzene rings is 3. The van der Waals surface area contributed by atoms with Crippen molar-refractivity contribution >= 4 is 23.9 Å². The Morgan fingerprint density at radius 2 is 1.66 bits per heavy atom. The van der Waals surface area contributed by atoms with Gasteiger partial charge in [-0.3, -0.25) is 19.2 Å². The summed E-state index contributed by atoms with van der Waals surface area (Å²) in [6.07, 6.45) is 6.54. The molecule has 2 bridgehead atoms. The van der Waals surface area contributed by atoms with Crippen molar-refractivity contribution in [2.75, 3.05) is 20.2 Å². The summed E-state index contributed by atoms with van der Waals surface area (Å²) in [5, 5.41) is 14.1. The van der Waals surface area contributed by atoms with Crippen LogP contribution in [0.3, 0.4) is 0 Å². The Labute approximate surface area is 375 Å². The van der Waals surface area contributed by atoms with Crippen LogP contribution in [0.25, 0.3) is 6.08 Å². The largest absolute Gasteiger partial charge is 0.458 e. The van der Waals surface area contributed by atoms with E-state index in [4.69, 9.17) is 23.8 Å². The number of aliphatic hydroxyl groups excluding tert-OH is 1. The standard InChI is InChI=1S/C52H61N3O9/c1-49(2)28-37-34(17-18-41-50(3,61-41)20-19-38(37)49)24-32-13-10-14-33(23-32)30-55-44-47(58)60-40-29-52(44,48(59)54(4)39(46(57)53-21-22-56)25-31-11-6-5-7-12-31)45(64-55)43-42(40)62-51(63-43)26-35-15-8-9-16-36(35)27-51/h5-16,23-24,37-45,56H,17-22,25-30H2,1-4H3,(H,53,57)/t37-,38-,39-,40-,41?,42+,43+,44+,45-,50-,52+/m1/s1. The van der Waals surface area contributed by atoms with Crippen molar-refractivity contribution in [3.05, 3.63) is 112 Å². The van der Waals surface area contributed by atoms with Gasteiger partial charge in [0, 0.05) is 39.3 Å². The van der Waals surface area contributed by atoms with E-state index in [1.165, 1.54) is 23.3 Å². The molecule has 7 fully saturated rings. The van der Waals surface area contributed by atoms with Crippen LogP contribution in [-0.4, -0.2) is 107 Å². The van der Waals surface area contributed by atoms with Gasteiger partial charge in [0.25, 0.3) is 0 Å². The van der Waals surface area contributed by atoms with E-state index in [-0.39, 0.29) is 38.1 Å². The third-order valence-electron chi connectivity index (χ3n) is 16.5. The molecule has 2 amide bonds. The molecule has 0 radical (unpaired) electrons. The van der Waals surface area contributed by atoms with Crippen LogP contribution < -0.4 is 5.32 Å². The first-order valence-corrected chi connectivity index (χ1v) is 23.5. The molecule has 3 aromatic carbocycles. The third kappa shape index (κ3) is 6.97. The minimum atomic E-state index is -1.47. The minimum absolute atomic E-state index is 0.0137. The number of nitrogens with zero attached hydrogens (tertiary/aromatic N) is 2. The first kappa shape index (κ1) is 42.2. The maximum Gasteiger partial charge on any atom is 0.327 e. The van der Waals surface area contributed by atoms with E-state index in [1.807, 2.05) is 48.5 Å². The average Bonchev–Trinajstić information content (AvgIpc) is 3.55. The Morgan fingerprint density at radius 3 is 2.41 bits per heavy atom. The molecule has 12 heteroatoms. The van der Waals surface area contributed by atoms with Crippen molar-refractivity contribution in [2.45, 2.75) is 139 Å². The smallest absolute Gasteiger partial charge is 0.327 e. The maximum atomic E-state index is 15.7. The number of hydroxylamine groups is 2. The second-order valence-corrected chi connectivity index (χ2v) is 20.9. The summed E-state index contributed by atoms with van der Waals surface area (Å²) in [5.41, 5.74) is 5.49. The van der Waals surface area contributed by atoms with Gasteiger partial charge in [-0.15, -0.1) is 0 Å². The molecule has 0 aromatic heterocycles. The summed E-state index contributed by atoms with van der Waals surface area (Å²) in [4.78, 5) is 52.8. The van der Waals surface area contributed by atoms with Gasteiger partial charge in [0.05, 0.1) is 24.9 Å². The lowest BCUT2D eigenvalue weighted by Crippen LogP contribution is -2.70. The van der Waals surface area contributed by atoms with Gasteiger partial charge in [-0.2, -0.15) is 5.06 Å². The lowest BCUT2D eigenvalue weighted by molar-refractivity contribution is -0.218. The highest BCUT2D eigenvalue weighted by molar-refractivity contribution is 5.96. The van der Waals surface area contributed by atoms with Crippen molar-refractivity contribution < 1.29 is 43.3 Å². The van der Waals surface area contributed by atoms with Crippen molar-refractivity contribution in [1.29, 1.82) is 0 Å². The summed E-state index contributed by atoms with van der Waals surface area (Å²) in [7, 11) is 1.63. The second kappa shape index (κ2) is 15.6. The maximum absolute atomic E-state index is 15.7. The molecule has 64 heavy (non-hydrogen) atoms. The molecule has 3 aromatic rings. The zero-order chi connectivity index (χ0) is 44.2. The molecule has 4 aliphatic heterocycles. The Bertz CT molecular complexity index is 2340. The molecule has 12 nitrogen and oxygen atoms in total. The second-order valence-electron chi connectivity index (χ2n) is 20.9. The van der Waals surface area contributed by atoms with E-state index >= 15 is 4.79 Å². The molecular formula is C52H61N3O9. The van der Waals surface area contributed by atoms with E-state index in [9.17, 15) is 14.7 Å². The predicted octanol–water partition coefficient (Wildman–Crippen LogP) is 5.72.